The number of hydrogen-bond acceptors (Lipinski definition) is 3. The van der Waals surface area contributed by atoms with E-state index in [1.807, 2.05) is 7.05 Å². The largest absolute Gasteiger partial charge is 0.785 e. The molecule has 4 heteroatoms. The van der Waals surface area contributed by atoms with Crippen molar-refractivity contribution in [2.24, 2.45) is 5.92 Å². The molecular formula is C11H18CmNS2-. The Bertz CT molecular complexity index is 245. The second-order valence-corrected chi connectivity index (χ2v) is 6.35. The van der Waals surface area contributed by atoms with Gasteiger partial charge in [-0.1, -0.05) is 49.6 Å². The van der Waals surface area contributed by atoms with Crippen molar-refractivity contribution < 1.29 is 0 Å². The molecule has 2 aliphatic carbocycles. The average molecular weight is 475 g/mol. The van der Waals surface area contributed by atoms with Gasteiger partial charge in [-0.2, -0.15) is 0 Å². The molecule has 0 saturated heterocycles. The van der Waals surface area contributed by atoms with Crippen LogP contribution in [0.5, 0.6) is 0 Å². The maximum Gasteiger partial charge on any atom is 0 e. The van der Waals surface area contributed by atoms with Crippen molar-refractivity contribution in [2.45, 2.75) is 43.3 Å². The fraction of sp³-hybridized carbons (Fsp3) is 0.818. The Labute approximate surface area is 96.7 Å². The Morgan fingerprint density at radius 1 is 1.53 bits per heavy atom. The van der Waals surface area contributed by atoms with Gasteiger partial charge in [0.1, 0.15) is 0 Å². The first-order chi connectivity index (χ1) is 6.74. The van der Waals surface area contributed by atoms with Gasteiger partial charge in [0.05, 0.1) is 0 Å². The van der Waals surface area contributed by atoms with Crippen molar-refractivity contribution in [3.63, 3.8) is 0 Å². The Kier molecular flexibility index (Phi) is 4.12. The minimum atomic E-state index is 0. The number of rotatable bonds is 2. The van der Waals surface area contributed by atoms with Crippen LogP contribution >= 0.6 is 11.9 Å². The van der Waals surface area contributed by atoms with Crippen LogP contribution in [0.15, 0.2) is 11.0 Å². The average Bonchev–Trinajstić information content (AvgIpc) is 2.17. The number of hydrogen-bond donors (Lipinski definition) is 1. The van der Waals surface area contributed by atoms with Gasteiger partial charge in [0.2, 0.25) is 0 Å². The number of allylic oxidation sites excluding steroid dienone is 2. The van der Waals surface area contributed by atoms with Crippen molar-refractivity contribution in [1.29, 1.82) is 0 Å². The smallest absolute Gasteiger partial charge is 0 e. The summed E-state index contributed by atoms with van der Waals surface area (Å²) in [7, 11) is 1.98. The first kappa shape index (κ1) is 12.5. The van der Waals surface area contributed by atoms with E-state index < -0.39 is 0 Å². The van der Waals surface area contributed by atoms with Crippen LogP contribution in [0.4, 0.5) is 0 Å². The Balaban J connectivity index is 0.00000112. The molecule has 0 amide bonds. The van der Waals surface area contributed by atoms with Crippen LogP contribution in [-0.4, -0.2) is 11.8 Å². The molecule has 88 valence electrons. The summed E-state index contributed by atoms with van der Waals surface area (Å²) >= 11 is 7.59. The molecule has 15 heavy (non-hydrogen) atoms. The fourth-order valence-electron chi connectivity index (χ4n) is 2.70. The van der Waals surface area contributed by atoms with E-state index in [-0.39, 0.29) is 4.75 Å². The molecular weight excluding hydrogens is 457 g/mol. The van der Waals surface area contributed by atoms with Gasteiger partial charge >= 0.3 is 0 Å². The molecule has 2 rings (SSSR count). The summed E-state index contributed by atoms with van der Waals surface area (Å²) in [5.41, 5.74) is 0. The summed E-state index contributed by atoms with van der Waals surface area (Å²) in [6, 6.07) is 0. The third kappa shape index (κ3) is 2.50. The van der Waals surface area contributed by atoms with Crippen LogP contribution in [0.3, 0.4) is 0 Å². The second kappa shape index (κ2) is 4.95. The molecule has 0 aromatic heterocycles. The van der Waals surface area contributed by atoms with Crippen LogP contribution in [-0.2, 0) is 12.6 Å². The molecule has 0 bridgehead atoms. The summed E-state index contributed by atoms with van der Waals surface area (Å²) < 4.78 is 3.35. The van der Waals surface area contributed by atoms with E-state index in [2.05, 4.69) is 10.8 Å². The van der Waals surface area contributed by atoms with E-state index in [1.165, 1.54) is 37.0 Å². The quantitative estimate of drug-likeness (QED) is 0.488. The molecule has 0 unspecified atom stereocenters. The predicted molar refractivity (Wildman–Crippen MR) is 66.0 cm³/mol. The maximum atomic E-state index is 5.84. The first-order valence-electron chi connectivity index (χ1n) is 5.48. The summed E-state index contributed by atoms with van der Waals surface area (Å²) in [6.07, 6.45) is 10.1. The molecule has 1 fully saturated rings. The third-order valence-corrected chi connectivity index (χ3v) is 4.94. The summed E-state index contributed by atoms with van der Waals surface area (Å²) in [4.78, 5) is 1.46. The van der Waals surface area contributed by atoms with Gasteiger partial charge in [0, 0.05) is 0 Å². The monoisotopic (exact) mass is 471 g/mol. The van der Waals surface area contributed by atoms with E-state index in [9.17, 15) is 0 Å². The molecule has 0 aromatic carbocycles. The van der Waals surface area contributed by atoms with Crippen LogP contribution in [0.1, 0.15) is 38.5 Å². The van der Waals surface area contributed by atoms with Crippen molar-refractivity contribution in [1.82, 2.24) is 4.72 Å². The van der Waals surface area contributed by atoms with Crippen LogP contribution in [0.2, 0.25) is 0 Å². The molecule has 0 radical (unpaired) electrons. The predicted octanol–water partition coefficient (Wildman–Crippen LogP) is 3.01. The van der Waals surface area contributed by atoms with Gasteiger partial charge in [0.25, 0.3) is 0 Å². The normalized spacial score (nSPS) is 35.1. The topological polar surface area (TPSA) is 12.0 Å². The van der Waals surface area contributed by atoms with Gasteiger partial charge < -0.3 is 12.6 Å². The molecule has 0 spiro atoms. The molecule has 1 N–H and O–H groups in total. The van der Waals surface area contributed by atoms with Crippen molar-refractivity contribution in [3.8, 4) is 0 Å². The minimum Gasteiger partial charge on any atom is -0.785 e. The molecule has 1 nitrogen and oxygen atoms in total. The van der Waals surface area contributed by atoms with E-state index in [0.717, 1.165) is 12.3 Å². The van der Waals surface area contributed by atoms with Gasteiger partial charge in [-0.15, -0.1) is 4.75 Å². The zero-order valence-corrected chi connectivity index (χ0v) is 13.6. The number of fused-ring (bicyclic) bond motifs is 1. The molecule has 1 saturated carbocycles. The molecule has 2 atom stereocenters. The Morgan fingerprint density at radius 2 is 2.33 bits per heavy atom. The molecule has 0 aliphatic heterocycles. The second-order valence-electron chi connectivity index (χ2n) is 4.40. The first-order valence-corrected chi connectivity index (χ1v) is 6.70. The summed E-state index contributed by atoms with van der Waals surface area (Å²) in [6.45, 7) is 0. The van der Waals surface area contributed by atoms with Gasteiger partial charge in [-0.25, -0.2) is 0 Å². The summed E-state index contributed by atoms with van der Waals surface area (Å²) in [5, 5.41) is 0. The van der Waals surface area contributed by atoms with Crippen LogP contribution < -0.4 is 4.72 Å². The zero-order valence-electron chi connectivity index (χ0n) is 9.07. The maximum absolute atomic E-state index is 5.84. The van der Waals surface area contributed by atoms with E-state index in [0.29, 0.717) is 0 Å². The Morgan fingerprint density at radius 3 is 3.07 bits per heavy atom. The fourth-order valence-corrected chi connectivity index (χ4v) is 4.07. The van der Waals surface area contributed by atoms with E-state index >= 15 is 0 Å². The molecule has 0 heterocycles. The number of nitrogens with one attached hydrogen (secondary N) is 1. The SMILES string of the molecule is CNSC1=CC[C@@H]2CCCC[C@]2([S-])C1.[Cm]. The van der Waals surface area contributed by atoms with Crippen molar-refractivity contribution in [3.05, 3.63) is 11.0 Å². The van der Waals surface area contributed by atoms with Gasteiger partial charge in [0.15, 0.2) is 0 Å². The molecule has 0 aromatic rings. The molecule has 2 aliphatic rings. The minimum absolute atomic E-state index is 0. The van der Waals surface area contributed by atoms with Gasteiger partial charge in [-0.05, 0) is 24.8 Å². The van der Waals surface area contributed by atoms with E-state index in [1.54, 1.807) is 11.9 Å². The Hall–Kier alpha value is -0.600. The van der Waals surface area contributed by atoms with Crippen molar-refractivity contribution >= 4 is 24.6 Å². The van der Waals surface area contributed by atoms with Crippen LogP contribution in [0.25, 0.3) is 0 Å². The van der Waals surface area contributed by atoms with E-state index in [4.69, 9.17) is 12.6 Å². The standard InChI is InChI=1S/C11H19NS2.Cm/c1-12-14-10-6-5-9-4-2-3-7-11(9,13)8-10;/h6,9,12-13H,2-5,7-8H2,1H3;/p-1/t9-,11-;/m0./s1. The van der Waals surface area contributed by atoms with Crippen molar-refractivity contribution in [2.75, 3.05) is 7.05 Å². The van der Waals surface area contributed by atoms with Crippen LogP contribution in [0, 0.1) is 5.92 Å². The summed E-state index contributed by atoms with van der Waals surface area (Å²) in [5.74, 6) is 0.785. The zero-order chi connectivity index (χ0) is 10.0. The van der Waals surface area contributed by atoms with Gasteiger partial charge in [-0.3, -0.25) is 4.72 Å². The third-order valence-electron chi connectivity index (χ3n) is 3.48.